The molecular formula is C20H8Br4O4S. The molecule has 1 aliphatic heterocycles. The molecule has 0 fully saturated rings. The summed E-state index contributed by atoms with van der Waals surface area (Å²) in [6, 6.07) is 10.2. The molecule has 9 heteroatoms. The molecule has 1 aliphatic carbocycles. The molecule has 0 saturated carbocycles. The van der Waals surface area contributed by atoms with E-state index in [1.54, 1.807) is 36.4 Å². The fourth-order valence-corrected chi connectivity index (χ4v) is 7.01. The molecule has 1 heterocycles. The Bertz CT molecular complexity index is 1360. The van der Waals surface area contributed by atoms with Gasteiger partial charge < -0.3 is 10.2 Å². The highest BCUT2D eigenvalue weighted by Crippen LogP contribution is 2.51. The molecule has 0 spiro atoms. The molecule has 4 rings (SSSR count). The predicted octanol–water partition coefficient (Wildman–Crippen LogP) is 7.49. The smallest absolute Gasteiger partial charge is 0.336 e. The number of halogens is 4. The van der Waals surface area contributed by atoms with Gasteiger partial charge in [0.05, 0.1) is 33.0 Å². The van der Waals surface area contributed by atoms with Crippen LogP contribution in [-0.4, -0.2) is 16.2 Å². The molecule has 29 heavy (non-hydrogen) atoms. The Kier molecular flexibility index (Phi) is 5.63. The number of aromatic hydroxyl groups is 1. The van der Waals surface area contributed by atoms with Crippen LogP contribution in [0.15, 0.2) is 59.1 Å². The number of fused-ring (bicyclic) bond motifs is 2. The summed E-state index contributed by atoms with van der Waals surface area (Å²) in [5.74, 6) is -1.02. The van der Waals surface area contributed by atoms with Crippen molar-refractivity contribution >= 4 is 91.1 Å². The van der Waals surface area contributed by atoms with E-state index < -0.39 is 5.97 Å². The largest absolute Gasteiger partial charge is 0.506 e. The van der Waals surface area contributed by atoms with Crippen molar-refractivity contribution in [3.63, 3.8) is 0 Å². The SMILES string of the molecule is O=C(O)c1ccccc1-c1c2cc(Br)c(=O)c(Br)c-2sc2c(Br)c(O)c(Br)cc12. The van der Waals surface area contributed by atoms with Gasteiger partial charge in [-0.3, -0.25) is 4.79 Å². The number of aromatic carboxylic acids is 1. The molecule has 2 N–H and O–H groups in total. The van der Waals surface area contributed by atoms with Crippen LogP contribution in [0.25, 0.3) is 31.7 Å². The fraction of sp³-hybridized carbons (Fsp3) is 0. The number of carboxylic acid groups (broad SMARTS) is 1. The van der Waals surface area contributed by atoms with E-state index in [0.29, 0.717) is 38.6 Å². The summed E-state index contributed by atoms with van der Waals surface area (Å²) in [4.78, 5) is 25.1. The molecular weight excluding hydrogens is 656 g/mol. The maximum atomic E-state index is 12.5. The van der Waals surface area contributed by atoms with Crippen molar-refractivity contribution in [2.24, 2.45) is 0 Å². The summed E-state index contributed by atoms with van der Waals surface area (Å²) in [5, 5.41) is 20.9. The number of phenols is 1. The van der Waals surface area contributed by atoms with Crippen molar-refractivity contribution in [2.75, 3.05) is 0 Å². The number of hydrogen-bond donors (Lipinski definition) is 2. The van der Waals surface area contributed by atoms with Crippen LogP contribution in [0.2, 0.25) is 0 Å². The lowest BCUT2D eigenvalue weighted by Crippen LogP contribution is -2.07. The van der Waals surface area contributed by atoms with E-state index in [1.165, 1.54) is 11.3 Å². The van der Waals surface area contributed by atoms with Gasteiger partial charge in [0.1, 0.15) is 5.75 Å². The molecule has 0 bridgehead atoms. The Morgan fingerprint density at radius 1 is 0.931 bits per heavy atom. The van der Waals surface area contributed by atoms with Crippen LogP contribution in [-0.2, 0) is 0 Å². The lowest BCUT2D eigenvalue weighted by molar-refractivity contribution is 0.0697. The summed E-state index contributed by atoms with van der Waals surface area (Å²) < 4.78 is 2.36. The molecule has 2 aromatic carbocycles. The highest BCUT2D eigenvalue weighted by molar-refractivity contribution is 9.11. The van der Waals surface area contributed by atoms with Crippen molar-refractivity contribution in [3.05, 3.63) is 70.1 Å². The third kappa shape index (κ3) is 3.37. The first-order chi connectivity index (χ1) is 13.7. The quantitative estimate of drug-likeness (QED) is 0.218. The van der Waals surface area contributed by atoms with Gasteiger partial charge in [-0.2, -0.15) is 0 Å². The lowest BCUT2D eigenvalue weighted by atomic mass is 9.92. The summed E-state index contributed by atoms with van der Waals surface area (Å²) in [6.07, 6.45) is 0. The Morgan fingerprint density at radius 2 is 1.62 bits per heavy atom. The first-order valence-electron chi connectivity index (χ1n) is 8.00. The Balaban J connectivity index is 2.34. The van der Waals surface area contributed by atoms with E-state index in [2.05, 4.69) is 63.7 Å². The first kappa shape index (κ1) is 21.0. The van der Waals surface area contributed by atoms with Crippen LogP contribution in [0.1, 0.15) is 10.4 Å². The van der Waals surface area contributed by atoms with E-state index >= 15 is 0 Å². The second kappa shape index (κ2) is 7.77. The zero-order valence-corrected chi connectivity index (χ0v) is 21.3. The van der Waals surface area contributed by atoms with Crippen LogP contribution >= 0.6 is 75.1 Å². The highest BCUT2D eigenvalue weighted by atomic mass is 79.9. The number of rotatable bonds is 2. The topological polar surface area (TPSA) is 74.6 Å². The monoisotopic (exact) mass is 660 g/mol. The minimum atomic E-state index is -1.05. The normalized spacial score (nSPS) is 11.3. The summed E-state index contributed by atoms with van der Waals surface area (Å²) in [5.41, 5.74) is 1.84. The number of carbonyl (C=O) groups is 1. The molecule has 0 aromatic heterocycles. The van der Waals surface area contributed by atoms with E-state index in [1.807, 2.05) is 0 Å². The van der Waals surface area contributed by atoms with Gasteiger partial charge in [-0.25, -0.2) is 4.79 Å². The zero-order chi connectivity index (χ0) is 21.0. The van der Waals surface area contributed by atoms with Crippen molar-refractivity contribution in [3.8, 4) is 27.3 Å². The van der Waals surface area contributed by atoms with E-state index in [4.69, 9.17) is 0 Å². The van der Waals surface area contributed by atoms with Crippen LogP contribution in [0, 0.1) is 0 Å². The van der Waals surface area contributed by atoms with Gasteiger partial charge in [-0.05, 0) is 93.0 Å². The number of hydrogen-bond acceptors (Lipinski definition) is 4. The van der Waals surface area contributed by atoms with E-state index in [0.717, 1.165) is 10.9 Å². The minimum Gasteiger partial charge on any atom is -0.506 e. The van der Waals surface area contributed by atoms with Gasteiger partial charge in [0.15, 0.2) is 0 Å². The van der Waals surface area contributed by atoms with Gasteiger partial charge in [0, 0.05) is 10.9 Å². The predicted molar refractivity (Wildman–Crippen MR) is 130 cm³/mol. The molecule has 0 unspecified atom stereocenters. The molecule has 146 valence electrons. The summed E-state index contributed by atoms with van der Waals surface area (Å²) in [6.45, 7) is 0. The molecule has 0 radical (unpaired) electrons. The number of benzene rings is 3. The van der Waals surface area contributed by atoms with Crippen LogP contribution in [0.3, 0.4) is 0 Å². The van der Waals surface area contributed by atoms with E-state index in [9.17, 15) is 19.8 Å². The Morgan fingerprint density at radius 3 is 2.31 bits per heavy atom. The number of carboxylic acids is 1. The maximum absolute atomic E-state index is 12.5. The highest BCUT2D eigenvalue weighted by Gasteiger charge is 2.25. The summed E-state index contributed by atoms with van der Waals surface area (Å²) >= 11 is 14.8. The molecule has 2 aromatic rings. The minimum absolute atomic E-state index is 0.0288. The third-order valence-corrected chi connectivity index (χ3v) is 8.95. The van der Waals surface area contributed by atoms with Crippen molar-refractivity contribution in [1.29, 1.82) is 0 Å². The maximum Gasteiger partial charge on any atom is 0.336 e. The van der Waals surface area contributed by atoms with Crippen LogP contribution < -0.4 is 5.43 Å². The van der Waals surface area contributed by atoms with Gasteiger partial charge in [0.25, 0.3) is 0 Å². The zero-order valence-electron chi connectivity index (χ0n) is 14.1. The lowest BCUT2D eigenvalue weighted by Gasteiger charge is -2.19. The van der Waals surface area contributed by atoms with Gasteiger partial charge in [-0.1, -0.05) is 18.2 Å². The average Bonchev–Trinajstić information content (AvgIpc) is 2.69. The molecule has 2 aliphatic rings. The van der Waals surface area contributed by atoms with Gasteiger partial charge >= 0.3 is 5.97 Å². The molecule has 4 nitrogen and oxygen atoms in total. The van der Waals surface area contributed by atoms with Gasteiger partial charge in [0.2, 0.25) is 5.43 Å². The number of phenolic OH excluding ortho intramolecular Hbond substituents is 1. The summed E-state index contributed by atoms with van der Waals surface area (Å²) in [7, 11) is 0. The Hall–Kier alpha value is -1.26. The van der Waals surface area contributed by atoms with Crippen molar-refractivity contribution in [2.45, 2.75) is 0 Å². The van der Waals surface area contributed by atoms with Crippen LogP contribution in [0.4, 0.5) is 0 Å². The molecule has 0 saturated heterocycles. The molecule has 0 amide bonds. The first-order valence-corrected chi connectivity index (χ1v) is 12.0. The van der Waals surface area contributed by atoms with E-state index in [-0.39, 0.29) is 16.7 Å². The van der Waals surface area contributed by atoms with Crippen molar-refractivity contribution < 1.29 is 15.0 Å². The second-order valence-corrected chi connectivity index (χ2v) is 10.4. The second-order valence-electron chi connectivity index (χ2n) is 6.10. The molecule has 0 atom stereocenters. The third-order valence-electron chi connectivity index (χ3n) is 4.45. The van der Waals surface area contributed by atoms with Crippen LogP contribution in [0.5, 0.6) is 5.75 Å². The fourth-order valence-electron chi connectivity index (χ4n) is 3.17. The van der Waals surface area contributed by atoms with Crippen molar-refractivity contribution in [1.82, 2.24) is 0 Å². The average molecular weight is 664 g/mol. The Labute approximate surface area is 202 Å². The van der Waals surface area contributed by atoms with Gasteiger partial charge in [-0.15, -0.1) is 11.3 Å². The standard InChI is InChI=1S/C20H8Br4O4S/c21-11-5-9-13(7-3-1-2-4-8(7)20(27)28)10-6-12(22)17(26)15(24)19(10)29-18(9)14(23)16(11)25/h1-6,25H,(H,27,28).